The van der Waals surface area contributed by atoms with Gasteiger partial charge in [-0.25, -0.2) is 4.57 Å². The van der Waals surface area contributed by atoms with E-state index in [-0.39, 0.29) is 0 Å². The Labute approximate surface area is 216 Å². The summed E-state index contributed by atoms with van der Waals surface area (Å²) in [5.74, 6) is 3.51. The van der Waals surface area contributed by atoms with Crippen molar-refractivity contribution in [2.45, 2.75) is 24.2 Å². The van der Waals surface area contributed by atoms with Gasteiger partial charge < -0.3 is 14.4 Å². The van der Waals surface area contributed by atoms with Crippen LogP contribution in [0.3, 0.4) is 0 Å². The van der Waals surface area contributed by atoms with Crippen molar-refractivity contribution in [3.05, 3.63) is 52.9 Å². The first kappa shape index (κ1) is 24.2. The third-order valence-corrected chi connectivity index (χ3v) is 7.83. The maximum atomic E-state index is 5.63. The number of nitrogens with one attached hydrogen (secondary N) is 3. The number of anilines is 1. The first-order valence-corrected chi connectivity index (χ1v) is 13.2. The lowest BCUT2D eigenvalue weighted by molar-refractivity contribution is -0.656. The highest BCUT2D eigenvalue weighted by Crippen LogP contribution is 2.45. The number of ether oxygens (including phenoxy) is 2. The molecule has 0 bridgehead atoms. The fourth-order valence-electron chi connectivity index (χ4n) is 4.65. The van der Waals surface area contributed by atoms with Gasteiger partial charge in [-0.3, -0.25) is 15.6 Å². The average molecular weight is 507 g/mol. The molecule has 2 aromatic carbocycles. The smallest absolute Gasteiger partial charge is 0.343 e. The minimum atomic E-state index is 0.702. The van der Waals surface area contributed by atoms with Crippen LogP contribution in [0.15, 0.2) is 46.3 Å². The maximum Gasteiger partial charge on any atom is 0.343 e. The van der Waals surface area contributed by atoms with Crippen LogP contribution in [0.4, 0.5) is 5.69 Å². The van der Waals surface area contributed by atoms with E-state index < -0.39 is 0 Å². The van der Waals surface area contributed by atoms with Gasteiger partial charge in [0.1, 0.15) is 5.52 Å². The molecular formula is C27H34N6O2S+2. The number of guanidine groups is 1. The molecule has 8 nitrogen and oxygen atoms in total. The number of fused-ring (bicyclic) bond motifs is 2. The van der Waals surface area contributed by atoms with Crippen LogP contribution >= 0.6 is 11.8 Å². The van der Waals surface area contributed by atoms with Crippen LogP contribution in [0.5, 0.6) is 11.5 Å². The summed E-state index contributed by atoms with van der Waals surface area (Å²) in [6.07, 6.45) is 5.18. The number of para-hydroxylation sites is 1. The van der Waals surface area contributed by atoms with Crippen molar-refractivity contribution in [3.8, 4) is 11.5 Å². The molecule has 0 spiro atoms. The Morgan fingerprint density at radius 1 is 1.19 bits per heavy atom. The molecule has 0 fully saturated rings. The van der Waals surface area contributed by atoms with Gasteiger partial charge in [-0.1, -0.05) is 23.9 Å². The Hall–Kier alpha value is -3.46. The molecule has 0 saturated carbocycles. The topological polar surface area (TPSA) is 76.5 Å². The molecule has 0 unspecified atom stereocenters. The number of hydrogen-bond donors (Lipinski definition) is 3. The second kappa shape index (κ2) is 10.7. The lowest BCUT2D eigenvalue weighted by atomic mass is 10.1. The quantitative estimate of drug-likeness (QED) is 0.316. The van der Waals surface area contributed by atoms with Crippen LogP contribution in [0.1, 0.15) is 24.4 Å². The van der Waals surface area contributed by atoms with Crippen LogP contribution in [0.25, 0.3) is 17.0 Å². The van der Waals surface area contributed by atoms with E-state index >= 15 is 0 Å². The Balaban J connectivity index is 1.47. The third kappa shape index (κ3) is 4.80. The highest BCUT2D eigenvalue weighted by Gasteiger charge is 2.26. The van der Waals surface area contributed by atoms with E-state index in [2.05, 4.69) is 75.6 Å². The van der Waals surface area contributed by atoms with Crippen molar-refractivity contribution in [1.29, 1.82) is 0 Å². The molecule has 3 aromatic rings. The zero-order valence-corrected chi connectivity index (χ0v) is 22.2. The Morgan fingerprint density at radius 2 is 2.00 bits per heavy atom. The monoisotopic (exact) mass is 506 g/mol. The summed E-state index contributed by atoms with van der Waals surface area (Å²) >= 11 is 1.77. The van der Waals surface area contributed by atoms with Gasteiger partial charge in [-0.15, -0.1) is 0 Å². The van der Waals surface area contributed by atoms with E-state index in [0.29, 0.717) is 11.5 Å². The van der Waals surface area contributed by atoms with E-state index in [1.165, 1.54) is 10.6 Å². The number of methoxy groups -OCH3 is 2. The van der Waals surface area contributed by atoms with Crippen molar-refractivity contribution in [1.82, 2.24) is 15.6 Å². The van der Waals surface area contributed by atoms with Crippen molar-refractivity contribution in [3.63, 3.8) is 0 Å². The number of nitrogens with zero attached hydrogens (tertiary/aromatic N) is 3. The predicted molar refractivity (Wildman–Crippen MR) is 144 cm³/mol. The van der Waals surface area contributed by atoms with E-state index in [1.807, 2.05) is 6.07 Å². The summed E-state index contributed by atoms with van der Waals surface area (Å²) in [6.45, 7) is 2.88. The largest absolute Gasteiger partial charge is 0.493 e. The van der Waals surface area contributed by atoms with Crippen molar-refractivity contribution in [2.75, 3.05) is 45.8 Å². The standard InChI is InChI=1S/C27H33N6O2S/c1-32-21-17-23(35-4)22(34-3)15-18(21)19(16-26-33(2)20-9-5-6-10-24(20)36-26)31-25(32)11-7-8-12-28-27-29-13-14-30-27/h5-6,9-10,15-17H,7-8,11-14H2,1-4H3,(H2,28,29,30)/q+1/p+1. The molecule has 2 aliphatic heterocycles. The molecule has 1 aromatic heterocycles. The van der Waals surface area contributed by atoms with Crippen LogP contribution < -0.4 is 34.6 Å². The highest BCUT2D eigenvalue weighted by atomic mass is 32.2. The SMILES string of the molecule is COc1cc2c(C=C3Sc4ccccc4N3C)nc(CCCCNC3=[NH+]CCN3)[n+](C)c2cc1OC. The fraction of sp³-hybridized carbons (Fsp3) is 0.370. The normalized spacial score (nSPS) is 15.7. The molecule has 0 atom stereocenters. The molecule has 0 radical (unpaired) electrons. The number of hydrogen-bond acceptors (Lipinski definition) is 7. The predicted octanol–water partition coefficient (Wildman–Crippen LogP) is 1.57. The summed E-state index contributed by atoms with van der Waals surface area (Å²) < 4.78 is 13.4. The van der Waals surface area contributed by atoms with E-state index in [9.17, 15) is 0 Å². The molecular weight excluding hydrogens is 472 g/mol. The second-order valence-corrected chi connectivity index (χ2v) is 9.98. The zero-order chi connectivity index (χ0) is 25.1. The summed E-state index contributed by atoms with van der Waals surface area (Å²) in [5.41, 5.74) is 3.23. The van der Waals surface area contributed by atoms with Gasteiger partial charge in [-0.2, -0.15) is 0 Å². The van der Waals surface area contributed by atoms with Gasteiger partial charge in [-0.05, 0) is 36.0 Å². The van der Waals surface area contributed by atoms with Gasteiger partial charge in [0.2, 0.25) is 0 Å². The first-order chi connectivity index (χ1) is 17.6. The number of aromatic nitrogens is 2. The van der Waals surface area contributed by atoms with Crippen LogP contribution in [-0.4, -0.2) is 51.8 Å². The molecule has 36 heavy (non-hydrogen) atoms. The second-order valence-electron chi connectivity index (χ2n) is 8.92. The number of rotatable bonds is 8. The first-order valence-electron chi connectivity index (χ1n) is 12.3. The summed E-state index contributed by atoms with van der Waals surface area (Å²) in [5, 5.41) is 8.93. The Morgan fingerprint density at radius 3 is 2.75 bits per heavy atom. The summed E-state index contributed by atoms with van der Waals surface area (Å²) in [4.78, 5) is 12.0. The number of benzene rings is 2. The molecule has 0 saturated heterocycles. The van der Waals surface area contributed by atoms with Gasteiger partial charge in [0, 0.05) is 24.1 Å². The van der Waals surface area contributed by atoms with Crippen LogP contribution in [-0.2, 0) is 13.5 Å². The Bertz CT molecular complexity index is 1340. The molecule has 9 heteroatoms. The fourth-order valence-corrected chi connectivity index (χ4v) is 5.73. The molecule has 3 heterocycles. The number of unbranched alkanes of at least 4 members (excludes halogenated alkanes) is 1. The number of aryl methyl sites for hydroxylation is 2. The lowest BCUT2D eigenvalue weighted by Gasteiger charge is -2.14. The van der Waals surface area contributed by atoms with Crippen molar-refractivity contribution < 1.29 is 19.0 Å². The van der Waals surface area contributed by atoms with Gasteiger partial charge in [0.25, 0.3) is 5.82 Å². The molecule has 188 valence electrons. The van der Waals surface area contributed by atoms with Gasteiger partial charge >= 0.3 is 5.96 Å². The average Bonchev–Trinajstić information content (AvgIpc) is 3.53. The highest BCUT2D eigenvalue weighted by molar-refractivity contribution is 8.03. The van der Waals surface area contributed by atoms with Crippen molar-refractivity contribution in [2.24, 2.45) is 7.05 Å². The van der Waals surface area contributed by atoms with E-state index in [1.54, 1.807) is 26.0 Å². The van der Waals surface area contributed by atoms with E-state index in [0.717, 1.165) is 72.3 Å². The van der Waals surface area contributed by atoms with Gasteiger partial charge in [0.05, 0.1) is 63.4 Å². The Kier molecular flexibility index (Phi) is 7.18. The van der Waals surface area contributed by atoms with Crippen LogP contribution in [0.2, 0.25) is 0 Å². The zero-order valence-electron chi connectivity index (χ0n) is 21.4. The molecule has 0 amide bonds. The minimum absolute atomic E-state index is 0.702. The van der Waals surface area contributed by atoms with Crippen LogP contribution in [0, 0.1) is 0 Å². The summed E-state index contributed by atoms with van der Waals surface area (Å²) in [7, 11) is 7.54. The molecule has 5 rings (SSSR count). The molecule has 3 N–H and O–H groups in total. The third-order valence-electron chi connectivity index (χ3n) is 6.67. The van der Waals surface area contributed by atoms with Crippen molar-refractivity contribution >= 4 is 40.4 Å². The number of thioether (sulfide) groups is 1. The van der Waals surface area contributed by atoms with E-state index in [4.69, 9.17) is 14.5 Å². The molecule has 0 aliphatic carbocycles. The lowest BCUT2D eigenvalue weighted by Crippen LogP contribution is -2.73. The maximum absolute atomic E-state index is 5.63. The minimum Gasteiger partial charge on any atom is -0.493 e. The molecule has 2 aliphatic rings. The van der Waals surface area contributed by atoms with Gasteiger partial charge in [0.15, 0.2) is 17.2 Å². The summed E-state index contributed by atoms with van der Waals surface area (Å²) in [6, 6.07) is 12.6.